The van der Waals surface area contributed by atoms with E-state index in [-0.39, 0.29) is 11.8 Å². The van der Waals surface area contributed by atoms with Crippen LogP contribution >= 0.6 is 0 Å². The van der Waals surface area contributed by atoms with Crippen molar-refractivity contribution in [2.75, 3.05) is 5.32 Å². The summed E-state index contributed by atoms with van der Waals surface area (Å²) < 4.78 is 0. The van der Waals surface area contributed by atoms with Gasteiger partial charge in [0.1, 0.15) is 0 Å². The molecule has 2 aromatic carbocycles. The third-order valence-corrected chi connectivity index (χ3v) is 3.55. The molecule has 0 aromatic heterocycles. The molecule has 2 N–H and O–H groups in total. The van der Waals surface area contributed by atoms with Crippen LogP contribution in [0.1, 0.15) is 41.8 Å². The first kappa shape index (κ1) is 17.4. The third kappa shape index (κ3) is 4.78. The van der Waals surface area contributed by atoms with E-state index in [0.29, 0.717) is 17.7 Å². The van der Waals surface area contributed by atoms with Crippen LogP contribution < -0.4 is 10.7 Å². The quantitative estimate of drug-likeness (QED) is 0.653. The minimum absolute atomic E-state index is 0.0643. The number of anilines is 1. The van der Waals surface area contributed by atoms with E-state index in [1.54, 1.807) is 31.2 Å². The molecule has 0 atom stereocenters. The van der Waals surface area contributed by atoms with Crippen molar-refractivity contribution in [3.05, 3.63) is 65.2 Å². The molecule has 0 aliphatic heterocycles. The number of hydrogen-bond donors (Lipinski definition) is 2. The lowest BCUT2D eigenvalue weighted by Crippen LogP contribution is -2.19. The predicted molar refractivity (Wildman–Crippen MR) is 96.2 cm³/mol. The lowest BCUT2D eigenvalue weighted by Gasteiger charge is -2.06. The van der Waals surface area contributed by atoms with E-state index >= 15 is 0 Å². The Hall–Kier alpha value is -2.95. The van der Waals surface area contributed by atoms with Crippen LogP contribution in [0.3, 0.4) is 0 Å². The molecule has 0 saturated heterocycles. The lowest BCUT2D eigenvalue weighted by atomic mass is 10.1. The number of hydrogen-bond acceptors (Lipinski definition) is 3. The van der Waals surface area contributed by atoms with Gasteiger partial charge in [-0.25, -0.2) is 5.43 Å². The van der Waals surface area contributed by atoms with Crippen molar-refractivity contribution in [3.63, 3.8) is 0 Å². The number of benzene rings is 2. The smallest absolute Gasteiger partial charge is 0.271 e. The van der Waals surface area contributed by atoms with E-state index < -0.39 is 0 Å². The number of amides is 2. The maximum Gasteiger partial charge on any atom is 0.271 e. The van der Waals surface area contributed by atoms with Crippen molar-refractivity contribution in [2.45, 2.75) is 27.2 Å². The normalized spacial score (nSPS) is 11.0. The van der Waals surface area contributed by atoms with Crippen LogP contribution in [0.4, 0.5) is 5.69 Å². The van der Waals surface area contributed by atoms with Gasteiger partial charge >= 0.3 is 0 Å². The molecule has 24 heavy (non-hydrogen) atoms. The second-order valence-electron chi connectivity index (χ2n) is 5.48. The Labute approximate surface area is 141 Å². The Balaban J connectivity index is 2.00. The van der Waals surface area contributed by atoms with Gasteiger partial charge in [0.15, 0.2) is 0 Å². The summed E-state index contributed by atoms with van der Waals surface area (Å²) in [5.74, 6) is -0.361. The number of nitrogens with zero attached hydrogens (tertiary/aromatic N) is 1. The lowest BCUT2D eigenvalue weighted by molar-refractivity contribution is -0.115. The Morgan fingerprint density at radius 2 is 1.54 bits per heavy atom. The average molecular weight is 323 g/mol. The van der Waals surface area contributed by atoms with Gasteiger partial charge in [-0.1, -0.05) is 36.8 Å². The maximum absolute atomic E-state index is 12.1. The largest absolute Gasteiger partial charge is 0.326 e. The highest BCUT2D eigenvalue weighted by atomic mass is 16.2. The van der Waals surface area contributed by atoms with Crippen molar-refractivity contribution >= 4 is 23.2 Å². The Morgan fingerprint density at radius 3 is 2.12 bits per heavy atom. The summed E-state index contributed by atoms with van der Waals surface area (Å²) >= 11 is 0. The fraction of sp³-hybridized carbons (Fsp3) is 0.211. The summed E-state index contributed by atoms with van der Waals surface area (Å²) in [7, 11) is 0. The first-order valence-electron chi connectivity index (χ1n) is 7.81. The summed E-state index contributed by atoms with van der Waals surface area (Å²) in [6.45, 7) is 5.64. The van der Waals surface area contributed by atoms with Crippen LogP contribution in [0.5, 0.6) is 0 Å². The highest BCUT2D eigenvalue weighted by Gasteiger charge is 2.06. The number of carbonyl (C=O) groups excluding carboxylic acids is 2. The van der Waals surface area contributed by atoms with Crippen molar-refractivity contribution < 1.29 is 9.59 Å². The molecule has 0 unspecified atom stereocenters. The van der Waals surface area contributed by atoms with Gasteiger partial charge in [0.2, 0.25) is 5.91 Å². The molecular formula is C19H21N3O2. The van der Waals surface area contributed by atoms with Gasteiger partial charge in [0.05, 0.1) is 5.71 Å². The number of nitrogens with one attached hydrogen (secondary N) is 2. The highest BCUT2D eigenvalue weighted by Crippen LogP contribution is 2.10. The Bertz CT molecular complexity index is 747. The summed E-state index contributed by atoms with van der Waals surface area (Å²) in [6.07, 6.45) is 0.412. The summed E-state index contributed by atoms with van der Waals surface area (Å²) in [4.78, 5) is 23.4. The third-order valence-electron chi connectivity index (χ3n) is 3.55. The standard InChI is InChI=1S/C19H21N3O2/c1-4-18(23)20-17-11-9-16(10-12-17)19(24)22-21-14(3)15-7-5-13(2)6-8-15/h5-12H,4H2,1-3H3,(H,20,23)(H,22,24). The molecule has 0 fully saturated rings. The number of carbonyl (C=O) groups is 2. The van der Waals surface area contributed by atoms with Crippen molar-refractivity contribution in [1.82, 2.24) is 5.43 Å². The van der Waals surface area contributed by atoms with E-state index in [4.69, 9.17) is 0 Å². The molecule has 5 heteroatoms. The van der Waals surface area contributed by atoms with Crippen molar-refractivity contribution in [2.24, 2.45) is 5.10 Å². The highest BCUT2D eigenvalue weighted by molar-refractivity contribution is 6.01. The molecule has 124 valence electrons. The topological polar surface area (TPSA) is 70.6 Å². The number of rotatable bonds is 5. The number of aryl methyl sites for hydroxylation is 1. The first-order valence-corrected chi connectivity index (χ1v) is 7.81. The molecule has 0 saturated carbocycles. The maximum atomic E-state index is 12.1. The van der Waals surface area contributed by atoms with Gasteiger partial charge in [-0.05, 0) is 43.7 Å². The zero-order chi connectivity index (χ0) is 17.5. The average Bonchev–Trinajstić information content (AvgIpc) is 2.60. The van der Waals surface area contributed by atoms with Gasteiger partial charge in [0.25, 0.3) is 5.91 Å². The summed E-state index contributed by atoms with van der Waals surface area (Å²) in [5, 5.41) is 6.87. The van der Waals surface area contributed by atoms with E-state index in [1.807, 2.05) is 38.1 Å². The molecular weight excluding hydrogens is 302 g/mol. The fourth-order valence-corrected chi connectivity index (χ4v) is 2.01. The molecule has 2 amide bonds. The zero-order valence-corrected chi connectivity index (χ0v) is 14.1. The second kappa shape index (κ2) is 8.06. The molecule has 0 bridgehead atoms. The van der Waals surface area contributed by atoms with Gasteiger partial charge in [-0.2, -0.15) is 5.10 Å². The summed E-state index contributed by atoms with van der Waals surface area (Å²) in [5.41, 5.74) is 6.55. The van der Waals surface area contributed by atoms with Gasteiger partial charge in [0, 0.05) is 17.7 Å². The summed E-state index contributed by atoms with van der Waals surface area (Å²) in [6, 6.07) is 14.6. The van der Waals surface area contributed by atoms with Crippen molar-refractivity contribution in [1.29, 1.82) is 0 Å². The van der Waals surface area contributed by atoms with Crippen LogP contribution in [0.2, 0.25) is 0 Å². The molecule has 0 aliphatic rings. The molecule has 2 aromatic rings. The van der Waals surface area contributed by atoms with Crippen LogP contribution in [0.15, 0.2) is 53.6 Å². The predicted octanol–water partition coefficient (Wildman–Crippen LogP) is 3.50. The van der Waals surface area contributed by atoms with Crippen LogP contribution in [-0.2, 0) is 4.79 Å². The monoisotopic (exact) mass is 323 g/mol. The molecule has 5 nitrogen and oxygen atoms in total. The molecule has 0 radical (unpaired) electrons. The fourth-order valence-electron chi connectivity index (χ4n) is 2.01. The van der Waals surface area contributed by atoms with Gasteiger partial charge in [-0.3, -0.25) is 9.59 Å². The molecule has 0 heterocycles. The Morgan fingerprint density at radius 1 is 0.958 bits per heavy atom. The van der Waals surface area contributed by atoms with Crippen LogP contribution in [-0.4, -0.2) is 17.5 Å². The van der Waals surface area contributed by atoms with Crippen LogP contribution in [0, 0.1) is 6.92 Å². The van der Waals surface area contributed by atoms with Crippen LogP contribution in [0.25, 0.3) is 0 Å². The van der Waals surface area contributed by atoms with E-state index in [0.717, 1.165) is 11.3 Å². The first-order chi connectivity index (χ1) is 11.5. The minimum atomic E-state index is -0.296. The van der Waals surface area contributed by atoms with E-state index in [2.05, 4.69) is 15.8 Å². The SMILES string of the molecule is CCC(=O)Nc1ccc(C(=O)NN=C(C)c2ccc(C)cc2)cc1. The Kier molecular flexibility index (Phi) is 5.84. The van der Waals surface area contributed by atoms with E-state index in [1.165, 1.54) is 5.56 Å². The molecule has 2 rings (SSSR count). The van der Waals surface area contributed by atoms with Crippen molar-refractivity contribution in [3.8, 4) is 0 Å². The van der Waals surface area contributed by atoms with Gasteiger partial charge in [-0.15, -0.1) is 0 Å². The van der Waals surface area contributed by atoms with Gasteiger partial charge < -0.3 is 5.32 Å². The van der Waals surface area contributed by atoms with E-state index in [9.17, 15) is 9.59 Å². The molecule has 0 aliphatic carbocycles. The second-order valence-corrected chi connectivity index (χ2v) is 5.48. The minimum Gasteiger partial charge on any atom is -0.326 e. The zero-order valence-electron chi connectivity index (χ0n) is 14.1. The number of hydrazone groups is 1. The molecule has 0 spiro atoms.